The second-order valence-corrected chi connectivity index (χ2v) is 3.79. The average molecular weight is 246 g/mol. The van der Waals surface area contributed by atoms with Gasteiger partial charge < -0.3 is 0 Å². The fourth-order valence-electron chi connectivity index (χ4n) is 1.12. The molecule has 0 aliphatic rings. The van der Waals surface area contributed by atoms with Crippen molar-refractivity contribution in [3.05, 3.63) is 60.2 Å². The molecule has 0 bridgehead atoms. The topological polar surface area (TPSA) is 52.6 Å². The Morgan fingerprint density at radius 1 is 1.06 bits per heavy atom. The van der Waals surface area contributed by atoms with Crippen molar-refractivity contribution in [3.63, 3.8) is 0 Å². The highest BCUT2D eigenvalue weighted by molar-refractivity contribution is 5.90. The van der Waals surface area contributed by atoms with Gasteiger partial charge in [-0.15, -0.1) is 0 Å². The number of hydrogen-bond acceptors (Lipinski definition) is 4. The summed E-state index contributed by atoms with van der Waals surface area (Å²) in [5.74, 6) is -1.55. The van der Waals surface area contributed by atoms with Gasteiger partial charge in [0.25, 0.3) is 0 Å². The predicted octanol–water partition coefficient (Wildman–Crippen LogP) is 2.36. The lowest BCUT2D eigenvalue weighted by Crippen LogP contribution is -2.14. The van der Waals surface area contributed by atoms with E-state index in [9.17, 15) is 9.59 Å². The Hall–Kier alpha value is -2.36. The molecule has 0 saturated carbocycles. The second kappa shape index (κ2) is 6.39. The van der Waals surface area contributed by atoms with E-state index in [1.54, 1.807) is 0 Å². The van der Waals surface area contributed by atoms with E-state index in [4.69, 9.17) is 0 Å². The summed E-state index contributed by atoms with van der Waals surface area (Å²) in [4.78, 5) is 31.1. The molecule has 1 rings (SSSR count). The van der Waals surface area contributed by atoms with Crippen LogP contribution in [-0.2, 0) is 25.8 Å². The largest absolute Gasteiger partial charge is 0.382 e. The lowest BCUT2D eigenvalue weighted by molar-refractivity contribution is -0.252. The highest BCUT2D eigenvalue weighted by atomic mass is 17.2. The van der Waals surface area contributed by atoms with Crippen LogP contribution in [0.4, 0.5) is 0 Å². The van der Waals surface area contributed by atoms with E-state index in [1.807, 2.05) is 30.3 Å². The summed E-state index contributed by atoms with van der Waals surface area (Å²) in [6.07, 6.45) is 0.338. The first kappa shape index (κ1) is 13.7. The van der Waals surface area contributed by atoms with Crippen LogP contribution in [0.5, 0.6) is 0 Å². The van der Waals surface area contributed by atoms with Gasteiger partial charge in [-0.1, -0.05) is 43.5 Å². The van der Waals surface area contributed by atoms with Crippen LogP contribution in [0.15, 0.2) is 54.6 Å². The minimum atomic E-state index is -0.782. The van der Waals surface area contributed by atoms with Crippen molar-refractivity contribution in [2.75, 3.05) is 0 Å². The smallest absolute Gasteiger partial charge is 0.242 e. The lowest BCUT2D eigenvalue weighted by atomic mass is 10.1. The molecular formula is C14H14O4. The number of rotatable bonds is 4. The first-order chi connectivity index (χ1) is 8.50. The Balaban J connectivity index is 2.45. The van der Waals surface area contributed by atoms with Crippen molar-refractivity contribution in [1.29, 1.82) is 0 Å². The second-order valence-electron chi connectivity index (χ2n) is 3.79. The molecular weight excluding hydrogens is 232 g/mol. The molecule has 0 aromatic heterocycles. The number of carbonyl (C=O) groups excluding carboxylic acids is 2. The molecule has 0 aliphatic heterocycles. The van der Waals surface area contributed by atoms with Gasteiger partial charge in [-0.2, -0.15) is 0 Å². The summed E-state index contributed by atoms with van der Waals surface area (Å²) in [6.45, 7) is 8.40. The van der Waals surface area contributed by atoms with Gasteiger partial charge in [0.1, 0.15) is 0 Å². The molecule has 4 nitrogen and oxygen atoms in total. The Labute approximate surface area is 105 Å². The monoisotopic (exact) mass is 246 g/mol. The third-order valence-electron chi connectivity index (χ3n) is 2.09. The molecule has 1 aromatic carbocycles. The molecule has 0 fully saturated rings. The molecule has 0 N–H and O–H groups in total. The number of carbonyl (C=O) groups is 2. The third-order valence-corrected chi connectivity index (χ3v) is 2.09. The van der Waals surface area contributed by atoms with E-state index in [2.05, 4.69) is 22.9 Å². The molecule has 0 amide bonds. The quantitative estimate of drug-likeness (QED) is 0.465. The van der Waals surface area contributed by atoms with Crippen molar-refractivity contribution in [2.24, 2.45) is 0 Å². The Kier molecular flexibility index (Phi) is 4.87. The van der Waals surface area contributed by atoms with E-state index in [-0.39, 0.29) is 11.1 Å². The average Bonchev–Trinajstić information content (AvgIpc) is 2.36. The summed E-state index contributed by atoms with van der Waals surface area (Å²) < 4.78 is 0. The van der Waals surface area contributed by atoms with Gasteiger partial charge >= 0.3 is 11.9 Å². The molecule has 0 aliphatic carbocycles. The predicted molar refractivity (Wildman–Crippen MR) is 66.3 cm³/mol. The summed E-state index contributed by atoms with van der Waals surface area (Å²) >= 11 is 0. The fraction of sp³-hybridized carbons (Fsp3) is 0.143. The zero-order valence-corrected chi connectivity index (χ0v) is 10.1. The first-order valence-electron chi connectivity index (χ1n) is 5.31. The molecule has 0 saturated heterocycles. The SMILES string of the molecule is C=C(C)C(=O)OOC(=O)C(=C)Cc1ccccc1. The minimum Gasteiger partial charge on any atom is -0.242 e. The maximum atomic E-state index is 11.4. The molecule has 94 valence electrons. The van der Waals surface area contributed by atoms with Crippen LogP contribution >= 0.6 is 0 Å². The molecule has 0 radical (unpaired) electrons. The summed E-state index contributed by atoms with van der Waals surface area (Å²) in [6, 6.07) is 9.31. The van der Waals surface area contributed by atoms with Gasteiger partial charge in [-0.25, -0.2) is 19.4 Å². The molecule has 0 heterocycles. The zero-order valence-electron chi connectivity index (χ0n) is 10.1. The molecule has 18 heavy (non-hydrogen) atoms. The molecule has 1 aromatic rings. The van der Waals surface area contributed by atoms with E-state index in [1.165, 1.54) is 6.92 Å². The van der Waals surface area contributed by atoms with Crippen molar-refractivity contribution in [3.8, 4) is 0 Å². The van der Waals surface area contributed by atoms with Crippen molar-refractivity contribution >= 4 is 11.9 Å². The highest BCUT2D eigenvalue weighted by Gasteiger charge is 2.14. The number of benzene rings is 1. The van der Waals surface area contributed by atoms with Crippen LogP contribution in [0.2, 0.25) is 0 Å². The molecule has 0 spiro atoms. The normalized spacial score (nSPS) is 9.39. The van der Waals surface area contributed by atoms with Crippen LogP contribution in [0.1, 0.15) is 12.5 Å². The van der Waals surface area contributed by atoms with Crippen LogP contribution < -0.4 is 0 Å². The van der Waals surface area contributed by atoms with Crippen molar-refractivity contribution < 1.29 is 19.4 Å². The van der Waals surface area contributed by atoms with Gasteiger partial charge in [0.05, 0.1) is 0 Å². The molecule has 0 atom stereocenters. The van der Waals surface area contributed by atoms with Crippen molar-refractivity contribution in [2.45, 2.75) is 13.3 Å². The van der Waals surface area contributed by atoms with Crippen LogP contribution in [0.3, 0.4) is 0 Å². The minimum absolute atomic E-state index is 0.150. The van der Waals surface area contributed by atoms with Gasteiger partial charge in [0.15, 0.2) is 0 Å². The Morgan fingerprint density at radius 2 is 1.61 bits per heavy atom. The first-order valence-corrected chi connectivity index (χ1v) is 5.31. The van der Waals surface area contributed by atoms with E-state index in [0.717, 1.165) is 5.56 Å². The van der Waals surface area contributed by atoms with Crippen molar-refractivity contribution in [1.82, 2.24) is 0 Å². The molecule has 4 heteroatoms. The van der Waals surface area contributed by atoms with Gasteiger partial charge in [-0.3, -0.25) is 0 Å². The van der Waals surface area contributed by atoms with Gasteiger partial charge in [0.2, 0.25) is 0 Å². The summed E-state index contributed by atoms with van der Waals surface area (Å²) in [5.41, 5.74) is 1.28. The van der Waals surface area contributed by atoms with E-state index in [0.29, 0.717) is 6.42 Å². The Bertz CT molecular complexity index is 474. The van der Waals surface area contributed by atoms with Gasteiger partial charge in [0, 0.05) is 17.6 Å². The zero-order chi connectivity index (χ0) is 13.5. The van der Waals surface area contributed by atoms with Crippen LogP contribution in [0, 0.1) is 0 Å². The van der Waals surface area contributed by atoms with Crippen LogP contribution in [-0.4, -0.2) is 11.9 Å². The van der Waals surface area contributed by atoms with Gasteiger partial charge in [-0.05, 0) is 12.5 Å². The Morgan fingerprint density at radius 3 is 2.17 bits per heavy atom. The third kappa shape index (κ3) is 4.25. The maximum Gasteiger partial charge on any atom is 0.382 e. The van der Waals surface area contributed by atoms with Crippen LogP contribution in [0.25, 0.3) is 0 Å². The standard InChI is InChI=1S/C14H14O4/c1-10(2)13(15)17-18-14(16)11(3)9-12-7-5-4-6-8-12/h4-8H,1,3,9H2,2H3. The highest BCUT2D eigenvalue weighted by Crippen LogP contribution is 2.08. The van der Waals surface area contributed by atoms with E-state index < -0.39 is 11.9 Å². The summed E-state index contributed by atoms with van der Waals surface area (Å²) in [5, 5.41) is 0. The maximum absolute atomic E-state index is 11.4. The number of hydrogen-bond donors (Lipinski definition) is 0. The lowest BCUT2D eigenvalue weighted by Gasteiger charge is -2.05. The molecule has 0 unspecified atom stereocenters. The van der Waals surface area contributed by atoms with E-state index >= 15 is 0 Å². The fourth-order valence-corrected chi connectivity index (χ4v) is 1.12. The summed E-state index contributed by atoms with van der Waals surface area (Å²) in [7, 11) is 0.